The number of ether oxygens (including phenoxy) is 2. The van der Waals surface area contributed by atoms with Gasteiger partial charge in [0, 0.05) is 18.6 Å². The molecule has 0 aromatic heterocycles. The molecule has 14 heteroatoms. The highest BCUT2D eigenvalue weighted by Crippen LogP contribution is 2.27. The van der Waals surface area contributed by atoms with Crippen molar-refractivity contribution in [2.24, 2.45) is 0 Å². The van der Waals surface area contributed by atoms with Gasteiger partial charge in [-0.15, -0.1) is 4.89 Å². The van der Waals surface area contributed by atoms with Crippen molar-refractivity contribution in [2.75, 3.05) is 59.5 Å². The van der Waals surface area contributed by atoms with E-state index in [-0.39, 0.29) is 59.5 Å². The minimum atomic E-state index is -1.47. The average Bonchev–Trinajstić information content (AvgIpc) is 3.12. The Morgan fingerprint density at radius 2 is 0.906 bits per heavy atom. The van der Waals surface area contributed by atoms with Crippen LogP contribution in [0.15, 0.2) is 55.6 Å². The lowest BCUT2D eigenvalue weighted by atomic mass is 10.0. The summed E-state index contributed by atoms with van der Waals surface area (Å²) in [4.78, 5) is 33.3. The summed E-state index contributed by atoms with van der Waals surface area (Å²) in [5, 5.41) is 70.6. The maximum atomic E-state index is 11.6. The van der Waals surface area contributed by atoms with Crippen LogP contribution in [0, 0.1) is 55.4 Å². The molecule has 1 rings (SSSR count). The minimum Gasteiger partial charge on any atom is -0.455 e. The topological polar surface area (TPSA) is 230 Å². The van der Waals surface area contributed by atoms with Crippen LogP contribution in [0.2, 0.25) is 0 Å². The average molecular weight is 757 g/mol. The molecule has 0 bridgehead atoms. The van der Waals surface area contributed by atoms with E-state index in [9.17, 15) is 9.59 Å². The van der Waals surface area contributed by atoms with Crippen molar-refractivity contribution in [2.45, 2.75) is 64.1 Å². The van der Waals surface area contributed by atoms with Crippen molar-refractivity contribution in [1.29, 1.82) is 0 Å². The summed E-state index contributed by atoms with van der Waals surface area (Å²) >= 11 is 0. The van der Waals surface area contributed by atoms with E-state index in [1.165, 1.54) is 19.3 Å². The lowest BCUT2D eigenvalue weighted by molar-refractivity contribution is -0.390. The quantitative estimate of drug-likeness (QED) is 0.0419. The molecular formula is C39H64O14. The second-order valence-corrected chi connectivity index (χ2v) is 8.33. The summed E-state index contributed by atoms with van der Waals surface area (Å²) in [6.45, 7) is 30.1. The first-order chi connectivity index (χ1) is 25.4. The lowest BCUT2D eigenvalue weighted by Gasteiger charge is -2.31. The monoisotopic (exact) mass is 756 g/mol. The number of rotatable bonds is 16. The van der Waals surface area contributed by atoms with Crippen molar-refractivity contribution in [3.63, 3.8) is 0 Å². The predicted molar refractivity (Wildman–Crippen MR) is 198 cm³/mol. The predicted octanol–water partition coefficient (Wildman–Crippen LogP) is 7.30. The summed E-state index contributed by atoms with van der Waals surface area (Å²) in [7, 11) is 0. The molecule has 14 nitrogen and oxygen atoms in total. The van der Waals surface area contributed by atoms with E-state index in [0.717, 1.165) is 37.8 Å². The van der Waals surface area contributed by atoms with E-state index in [1.54, 1.807) is 24.3 Å². The zero-order chi connectivity index (χ0) is 43.0. The molecule has 1 aromatic rings. The van der Waals surface area contributed by atoms with Gasteiger partial charge in [-0.2, -0.15) is 0 Å². The molecule has 304 valence electrons. The molecule has 0 amide bonds. The third-order valence-corrected chi connectivity index (χ3v) is 4.25. The van der Waals surface area contributed by atoms with Crippen molar-refractivity contribution in [3.05, 3.63) is 111 Å². The molecule has 0 fully saturated rings. The van der Waals surface area contributed by atoms with E-state index in [0.29, 0.717) is 12.2 Å². The normalized spacial score (nSPS) is 9.53. The summed E-state index contributed by atoms with van der Waals surface area (Å²) in [6, 6.07) is 8.95. The Labute approximate surface area is 321 Å². The highest BCUT2D eigenvalue weighted by molar-refractivity contribution is 5.81. The fraction of sp³-hybridized carbons (Fsp3) is 0.487. The van der Waals surface area contributed by atoms with Crippen LogP contribution < -0.4 is 4.74 Å². The van der Waals surface area contributed by atoms with Crippen LogP contribution in [0.4, 0.5) is 0 Å². The molecule has 0 N–H and O–H groups in total. The first kappa shape index (κ1) is 68.1. The molecule has 53 heavy (non-hydrogen) atoms. The van der Waals surface area contributed by atoms with Gasteiger partial charge in [0.2, 0.25) is 0 Å². The van der Waals surface area contributed by atoms with Gasteiger partial charge in [0.25, 0.3) is 5.79 Å². The maximum absolute atomic E-state index is 11.6. The molecule has 0 heterocycles. The number of carbonyl (C=O) groups excluding carboxylic acids is 2. The van der Waals surface area contributed by atoms with Crippen LogP contribution in [-0.4, -0.2) is 77.2 Å². The Hall–Kier alpha value is -2.92. The van der Waals surface area contributed by atoms with Crippen LogP contribution in [0.1, 0.15) is 58.3 Å². The molecule has 16 radical (unpaired) electrons. The second-order valence-electron chi connectivity index (χ2n) is 8.33. The zero-order valence-electron chi connectivity index (χ0n) is 31.8. The number of esters is 1. The van der Waals surface area contributed by atoms with Crippen LogP contribution in [-0.2, 0) is 65.0 Å². The van der Waals surface area contributed by atoms with Gasteiger partial charge < -0.3 is 9.47 Å². The summed E-state index contributed by atoms with van der Waals surface area (Å²) < 4.78 is 11.2. The van der Waals surface area contributed by atoms with E-state index >= 15 is 0 Å². The highest BCUT2D eigenvalue weighted by Gasteiger charge is 2.38. The van der Waals surface area contributed by atoms with Crippen LogP contribution in [0.25, 0.3) is 0 Å². The van der Waals surface area contributed by atoms with Gasteiger partial charge in [-0.1, -0.05) is 76.8 Å². The van der Waals surface area contributed by atoms with Crippen molar-refractivity contribution < 1.29 is 69.7 Å². The van der Waals surface area contributed by atoms with Crippen molar-refractivity contribution in [1.82, 2.24) is 0 Å². The largest absolute Gasteiger partial charge is 0.455 e. The number of unbranched alkanes of at least 4 members (excludes halogenated alkanes) is 6. The number of benzene rings is 1. The van der Waals surface area contributed by atoms with E-state index in [1.807, 2.05) is 6.07 Å². The number of hydrogen-bond donors (Lipinski definition) is 0. The smallest absolute Gasteiger partial charge is 0.365 e. The Morgan fingerprint density at radius 1 is 0.566 bits per heavy atom. The summed E-state index contributed by atoms with van der Waals surface area (Å²) in [5.41, 5.74) is 0. The van der Waals surface area contributed by atoms with E-state index < -0.39 is 17.7 Å². The molecule has 0 saturated carbocycles. The third-order valence-electron chi connectivity index (χ3n) is 4.25. The molecule has 0 aliphatic heterocycles. The van der Waals surface area contributed by atoms with Gasteiger partial charge in [-0.25, -0.2) is 50.4 Å². The highest BCUT2D eigenvalue weighted by atomic mass is 17.2. The summed E-state index contributed by atoms with van der Waals surface area (Å²) in [5.74, 6) is -2.35. The molecule has 0 aliphatic rings. The van der Waals surface area contributed by atoms with Gasteiger partial charge in [0.1, 0.15) is 5.75 Å². The first-order valence-corrected chi connectivity index (χ1v) is 16.4. The standard InChI is InChI=1S/C23H32O6.8C2H4O/c1-4-7-8-9-10-11-15-18-23(19-26-21(24)5-2,29-28-22(25)6-3)27-20-16-13-12-14-17-20;8*1-2-3/h5-6,12-14,16-17H,2-4,7-11,15,18-19H2,1H3;8*1-2H2. The van der Waals surface area contributed by atoms with Crippen LogP contribution >= 0.6 is 0 Å². The molecule has 1 atom stereocenters. The first-order valence-electron chi connectivity index (χ1n) is 16.4. The molecular weight excluding hydrogens is 692 g/mol. The molecule has 0 spiro atoms. The Morgan fingerprint density at radius 3 is 1.25 bits per heavy atom. The molecule has 0 saturated heterocycles. The Balaban J connectivity index is -0.000000115. The number of carbonyl (C=O) groups is 2. The van der Waals surface area contributed by atoms with E-state index in [4.69, 9.17) is 60.1 Å². The number of para-hydroxylation sites is 1. The maximum Gasteiger partial charge on any atom is 0.365 e. The van der Waals surface area contributed by atoms with E-state index in [2.05, 4.69) is 75.5 Å². The zero-order valence-corrected chi connectivity index (χ0v) is 31.8. The Kier molecular flexibility index (Phi) is 90.8. The Bertz CT molecular complexity index is 718. The fourth-order valence-electron chi connectivity index (χ4n) is 2.68. The number of hydrogen-bond acceptors (Lipinski definition) is 6. The van der Waals surface area contributed by atoms with Gasteiger partial charge in [-0.05, 0) is 73.9 Å². The molecule has 1 aromatic carbocycles. The minimum absolute atomic E-state index is 0.250. The van der Waals surface area contributed by atoms with Crippen molar-refractivity contribution >= 4 is 11.9 Å². The second kappa shape index (κ2) is 70.6. The molecule has 1 unspecified atom stereocenters. The fourth-order valence-corrected chi connectivity index (χ4v) is 2.68. The van der Waals surface area contributed by atoms with Crippen LogP contribution in [0.5, 0.6) is 5.75 Å². The van der Waals surface area contributed by atoms with Gasteiger partial charge in [0.15, 0.2) is 6.61 Å². The van der Waals surface area contributed by atoms with Gasteiger partial charge >= 0.3 is 11.9 Å². The van der Waals surface area contributed by atoms with Crippen LogP contribution in [0.3, 0.4) is 0 Å². The van der Waals surface area contributed by atoms with Gasteiger partial charge in [-0.3, -0.25) is 4.89 Å². The van der Waals surface area contributed by atoms with Gasteiger partial charge in [0.05, 0.1) is 52.9 Å². The molecule has 0 aliphatic carbocycles. The van der Waals surface area contributed by atoms with Crippen molar-refractivity contribution in [3.8, 4) is 5.75 Å². The SMILES string of the molecule is C=CC(=O)OCC(CCCCCCCCC)(OOC(=O)C=C)Oc1ccccc1.[CH2]C[O].[CH2]C[O].[CH2]C[O].[CH2]C[O].[CH2]C[O].[CH2]C[O].[CH2]C[O].[CH2]C[O]. The third kappa shape index (κ3) is 83.6. The summed E-state index contributed by atoms with van der Waals surface area (Å²) in [6.07, 6.45) is 10.0. The lowest BCUT2D eigenvalue weighted by Crippen LogP contribution is -2.45.